The largest absolute Gasteiger partial charge is 0.386 e. The zero-order valence-electron chi connectivity index (χ0n) is 16.2. The monoisotopic (exact) mass is 363 g/mol. The van der Waals surface area contributed by atoms with Gasteiger partial charge in [0.15, 0.2) is 0 Å². The van der Waals surface area contributed by atoms with Crippen molar-refractivity contribution in [3.8, 4) is 0 Å². The van der Waals surface area contributed by atoms with Crippen LogP contribution in [0, 0.1) is 17.3 Å². The molecule has 0 radical (unpaired) electrons. The number of rotatable bonds is 3. The molecular weight excluding hydrogens is 334 g/mol. The van der Waals surface area contributed by atoms with Crippen molar-refractivity contribution in [2.24, 2.45) is 17.3 Å². The van der Waals surface area contributed by atoms with Gasteiger partial charge in [-0.1, -0.05) is 74.5 Å². The van der Waals surface area contributed by atoms with Gasteiger partial charge in [0.1, 0.15) is 12.3 Å². The number of hydrogen-bond acceptors (Lipinski definition) is 3. The lowest BCUT2D eigenvalue weighted by Gasteiger charge is -2.49. The summed E-state index contributed by atoms with van der Waals surface area (Å²) >= 11 is 0. The van der Waals surface area contributed by atoms with Crippen molar-refractivity contribution in [1.82, 2.24) is 4.90 Å². The molecule has 0 spiro atoms. The molecule has 3 nitrogen and oxygen atoms in total. The third-order valence-electron chi connectivity index (χ3n) is 7.38. The minimum Gasteiger partial charge on any atom is -0.386 e. The summed E-state index contributed by atoms with van der Waals surface area (Å²) in [6, 6.07) is 21.3. The Bertz CT molecular complexity index is 766. The average Bonchev–Trinajstić information content (AvgIpc) is 3.24. The van der Waals surface area contributed by atoms with E-state index in [2.05, 4.69) is 79.4 Å². The summed E-state index contributed by atoms with van der Waals surface area (Å²) < 4.78 is 6.39. The van der Waals surface area contributed by atoms with Crippen molar-refractivity contribution < 1.29 is 9.84 Å². The minimum atomic E-state index is -0.741. The Morgan fingerprint density at radius 3 is 2.19 bits per heavy atom. The van der Waals surface area contributed by atoms with Crippen molar-refractivity contribution >= 4 is 0 Å². The van der Waals surface area contributed by atoms with E-state index in [1.165, 1.54) is 11.1 Å². The molecule has 3 fully saturated rings. The van der Waals surface area contributed by atoms with Gasteiger partial charge in [-0.15, -0.1) is 0 Å². The molecule has 3 aliphatic rings. The molecule has 0 aromatic heterocycles. The van der Waals surface area contributed by atoms with Gasteiger partial charge in [0.2, 0.25) is 0 Å². The van der Waals surface area contributed by atoms with E-state index in [9.17, 15) is 5.11 Å². The van der Waals surface area contributed by atoms with Gasteiger partial charge >= 0.3 is 0 Å². The van der Waals surface area contributed by atoms with Gasteiger partial charge < -0.3 is 9.84 Å². The third-order valence-corrected chi connectivity index (χ3v) is 7.38. The van der Waals surface area contributed by atoms with Crippen LogP contribution in [0.4, 0.5) is 0 Å². The molecule has 27 heavy (non-hydrogen) atoms. The Morgan fingerprint density at radius 1 is 1.00 bits per heavy atom. The van der Waals surface area contributed by atoms with Crippen molar-refractivity contribution in [3.05, 3.63) is 71.8 Å². The fourth-order valence-electron chi connectivity index (χ4n) is 5.87. The molecule has 1 saturated heterocycles. The van der Waals surface area contributed by atoms with E-state index in [1.54, 1.807) is 0 Å². The molecule has 1 unspecified atom stereocenters. The van der Waals surface area contributed by atoms with Gasteiger partial charge in [0, 0.05) is 6.54 Å². The van der Waals surface area contributed by atoms with E-state index in [1.807, 2.05) is 0 Å². The van der Waals surface area contributed by atoms with Gasteiger partial charge in [-0.2, -0.15) is 0 Å². The lowest BCUT2D eigenvalue weighted by molar-refractivity contribution is -0.217. The number of β-amino-alcohol motifs (C(OH)–C–C–N with tert-alkyl or cyclic N) is 1. The first-order valence-electron chi connectivity index (χ1n) is 10.2. The summed E-state index contributed by atoms with van der Waals surface area (Å²) in [7, 11) is 0. The molecule has 2 aliphatic carbocycles. The maximum Gasteiger partial charge on any atom is 0.104 e. The van der Waals surface area contributed by atoms with E-state index < -0.39 is 5.60 Å². The summed E-state index contributed by atoms with van der Waals surface area (Å²) in [5.41, 5.74) is 2.06. The van der Waals surface area contributed by atoms with E-state index in [-0.39, 0.29) is 12.1 Å². The Balaban J connectivity index is 1.46. The van der Waals surface area contributed by atoms with Crippen molar-refractivity contribution in [2.75, 3.05) is 13.3 Å². The first-order chi connectivity index (χ1) is 13.0. The molecule has 3 heteroatoms. The van der Waals surface area contributed by atoms with Crippen LogP contribution in [-0.2, 0) is 4.74 Å². The molecule has 1 aliphatic heterocycles. The Labute approximate surface area is 162 Å². The second-order valence-corrected chi connectivity index (χ2v) is 9.28. The predicted octanol–water partition coefficient (Wildman–Crippen LogP) is 4.23. The van der Waals surface area contributed by atoms with Crippen LogP contribution in [0.15, 0.2) is 60.7 Å². The number of aliphatic hydroxyl groups is 1. The van der Waals surface area contributed by atoms with E-state index in [0.717, 1.165) is 12.8 Å². The van der Waals surface area contributed by atoms with Gasteiger partial charge in [-0.25, -0.2) is 0 Å². The highest BCUT2D eigenvalue weighted by atomic mass is 16.5. The highest BCUT2D eigenvalue weighted by Gasteiger charge is 2.69. The second kappa shape index (κ2) is 6.16. The lowest BCUT2D eigenvalue weighted by Crippen LogP contribution is -2.61. The Kier molecular flexibility index (Phi) is 3.98. The Morgan fingerprint density at radius 2 is 1.59 bits per heavy atom. The number of hydrogen-bond donors (Lipinski definition) is 1. The molecule has 5 rings (SSSR count). The van der Waals surface area contributed by atoms with E-state index >= 15 is 0 Å². The molecular formula is C24H29NO2. The minimum absolute atomic E-state index is 0.0188. The predicted molar refractivity (Wildman–Crippen MR) is 106 cm³/mol. The normalized spacial score (nSPS) is 34.7. The van der Waals surface area contributed by atoms with E-state index in [0.29, 0.717) is 30.5 Å². The van der Waals surface area contributed by atoms with Gasteiger partial charge in [0.05, 0.1) is 12.1 Å². The number of benzene rings is 2. The molecule has 0 bridgehead atoms. The van der Waals surface area contributed by atoms with Crippen LogP contribution >= 0.6 is 0 Å². The number of ether oxygens (including phenoxy) is 1. The van der Waals surface area contributed by atoms with E-state index in [4.69, 9.17) is 4.74 Å². The topological polar surface area (TPSA) is 32.7 Å². The molecule has 2 aromatic carbocycles. The van der Waals surface area contributed by atoms with Crippen LogP contribution < -0.4 is 0 Å². The standard InChI is InChI=1S/C24H29NO2/c1-23(2)19-13-14-24(26)15-25(16-27-22(24)20(19)23)21(17-9-5-3-6-10-17)18-11-7-4-8-12-18/h3-12,19-22,26H,13-16H2,1-2H3/t19-,20-,22?,24+/m0/s1. The highest BCUT2D eigenvalue weighted by Crippen LogP contribution is 2.67. The summed E-state index contributed by atoms with van der Waals surface area (Å²) in [5, 5.41) is 11.6. The molecule has 2 aromatic rings. The fourth-order valence-corrected chi connectivity index (χ4v) is 5.87. The van der Waals surface area contributed by atoms with Crippen LogP contribution in [-0.4, -0.2) is 35.0 Å². The summed E-state index contributed by atoms with van der Waals surface area (Å²) in [6.45, 7) is 5.91. The van der Waals surface area contributed by atoms with Crippen LogP contribution in [0.25, 0.3) is 0 Å². The summed E-state index contributed by atoms with van der Waals surface area (Å²) in [5.74, 6) is 1.22. The average molecular weight is 364 g/mol. The summed E-state index contributed by atoms with van der Waals surface area (Å²) in [6.07, 6.45) is 1.94. The quantitative estimate of drug-likeness (QED) is 0.886. The second-order valence-electron chi connectivity index (χ2n) is 9.28. The van der Waals surface area contributed by atoms with Gasteiger partial charge in [0.25, 0.3) is 0 Å². The zero-order valence-corrected chi connectivity index (χ0v) is 16.2. The number of nitrogens with zero attached hydrogens (tertiary/aromatic N) is 1. The lowest BCUT2D eigenvalue weighted by atomic mass is 9.80. The molecule has 1 heterocycles. The molecule has 4 atom stereocenters. The first-order valence-corrected chi connectivity index (χ1v) is 10.2. The Hall–Kier alpha value is -1.68. The van der Waals surface area contributed by atoms with Crippen LogP contribution in [0.2, 0.25) is 0 Å². The third kappa shape index (κ3) is 2.75. The van der Waals surface area contributed by atoms with Gasteiger partial charge in [-0.05, 0) is 41.2 Å². The molecule has 142 valence electrons. The smallest absolute Gasteiger partial charge is 0.104 e. The van der Waals surface area contributed by atoms with Crippen molar-refractivity contribution in [3.63, 3.8) is 0 Å². The highest BCUT2D eigenvalue weighted by molar-refractivity contribution is 5.32. The molecule has 2 saturated carbocycles. The molecule has 0 amide bonds. The fraction of sp³-hybridized carbons (Fsp3) is 0.500. The molecule has 1 N–H and O–H groups in total. The maximum absolute atomic E-state index is 11.6. The summed E-state index contributed by atoms with van der Waals surface area (Å²) in [4.78, 5) is 2.32. The van der Waals surface area contributed by atoms with Crippen molar-refractivity contribution in [1.29, 1.82) is 0 Å². The van der Waals surface area contributed by atoms with Crippen molar-refractivity contribution in [2.45, 2.75) is 44.4 Å². The zero-order chi connectivity index (χ0) is 18.6. The van der Waals surface area contributed by atoms with Crippen LogP contribution in [0.3, 0.4) is 0 Å². The van der Waals surface area contributed by atoms with Gasteiger partial charge in [-0.3, -0.25) is 4.90 Å². The maximum atomic E-state index is 11.6. The number of fused-ring (bicyclic) bond motifs is 3. The SMILES string of the molecule is CC1(C)[C@@H]2C3OCN(C(c4ccccc4)c4ccccc4)C[C@]3(O)CC[C@@H]21. The van der Waals surface area contributed by atoms with Crippen LogP contribution in [0.5, 0.6) is 0 Å². The first kappa shape index (κ1) is 17.4. The van der Waals surface area contributed by atoms with Crippen LogP contribution in [0.1, 0.15) is 43.9 Å².